The van der Waals surface area contributed by atoms with E-state index in [2.05, 4.69) is 0 Å². The molecule has 8 heteroatoms. The Kier molecular flexibility index (Phi) is 5.49. The van der Waals surface area contributed by atoms with Crippen molar-refractivity contribution in [1.82, 2.24) is 9.88 Å². The van der Waals surface area contributed by atoms with Gasteiger partial charge in [0.25, 0.3) is 11.5 Å². The first-order chi connectivity index (χ1) is 13.2. The molecule has 0 bridgehead atoms. The van der Waals surface area contributed by atoms with Crippen molar-refractivity contribution in [1.29, 1.82) is 0 Å². The van der Waals surface area contributed by atoms with Crippen molar-refractivity contribution in [3.05, 3.63) is 63.6 Å². The van der Waals surface area contributed by atoms with Crippen LogP contribution in [0.25, 0.3) is 0 Å². The molecule has 1 aliphatic carbocycles. The van der Waals surface area contributed by atoms with Crippen LogP contribution in [-0.2, 0) is 12.7 Å². The lowest BCUT2D eigenvalue weighted by Crippen LogP contribution is -2.41. The second kappa shape index (κ2) is 7.69. The summed E-state index contributed by atoms with van der Waals surface area (Å²) in [5.74, 6) is 0.237. The summed E-state index contributed by atoms with van der Waals surface area (Å²) < 4.78 is 44.2. The van der Waals surface area contributed by atoms with Crippen LogP contribution in [0.3, 0.4) is 0 Å². The van der Waals surface area contributed by atoms with E-state index in [0.717, 1.165) is 18.4 Å². The molecule has 1 unspecified atom stereocenters. The molecule has 1 saturated carbocycles. The number of aromatic amines is 1. The molecule has 1 aliphatic rings. The molecule has 2 aromatic rings. The summed E-state index contributed by atoms with van der Waals surface area (Å²) in [4.78, 5) is 28.7. The number of halogens is 3. The lowest BCUT2D eigenvalue weighted by Gasteiger charge is -2.29. The van der Waals surface area contributed by atoms with Crippen molar-refractivity contribution in [2.24, 2.45) is 5.92 Å². The Morgan fingerprint density at radius 3 is 2.46 bits per heavy atom. The lowest BCUT2D eigenvalue weighted by atomic mass is 10.1. The Hall–Kier alpha value is -2.77. The fourth-order valence-electron chi connectivity index (χ4n) is 3.12. The number of nitrogens with zero attached hydrogens (tertiary/aromatic N) is 1. The van der Waals surface area contributed by atoms with Gasteiger partial charge in [-0.25, -0.2) is 0 Å². The lowest BCUT2D eigenvalue weighted by molar-refractivity contribution is -0.137. The Balaban J connectivity index is 1.93. The van der Waals surface area contributed by atoms with Crippen molar-refractivity contribution in [2.45, 2.75) is 38.5 Å². The number of rotatable bonds is 6. The predicted molar refractivity (Wildman–Crippen MR) is 97.1 cm³/mol. The van der Waals surface area contributed by atoms with Crippen LogP contribution >= 0.6 is 0 Å². The monoisotopic (exact) mass is 394 g/mol. The molecular weight excluding hydrogens is 373 g/mol. The number of amides is 1. The van der Waals surface area contributed by atoms with Gasteiger partial charge < -0.3 is 14.6 Å². The highest BCUT2D eigenvalue weighted by Gasteiger charge is 2.37. The van der Waals surface area contributed by atoms with Gasteiger partial charge in [0.15, 0.2) is 0 Å². The van der Waals surface area contributed by atoms with E-state index in [0.29, 0.717) is 18.0 Å². The molecule has 28 heavy (non-hydrogen) atoms. The zero-order valence-corrected chi connectivity index (χ0v) is 15.5. The number of benzene rings is 1. The van der Waals surface area contributed by atoms with Crippen LogP contribution in [0.15, 0.2) is 41.3 Å². The van der Waals surface area contributed by atoms with Crippen LogP contribution in [0.2, 0.25) is 0 Å². The van der Waals surface area contributed by atoms with Crippen LogP contribution in [0, 0.1) is 5.92 Å². The van der Waals surface area contributed by atoms with E-state index in [1.165, 1.54) is 4.90 Å². The van der Waals surface area contributed by atoms with E-state index in [1.807, 2.05) is 11.9 Å². The van der Waals surface area contributed by atoms with Gasteiger partial charge in [-0.05, 0) is 49.4 Å². The molecule has 0 radical (unpaired) electrons. The normalized spacial score (nSPS) is 15.2. The molecule has 0 aliphatic heterocycles. The van der Waals surface area contributed by atoms with Crippen LogP contribution in [0.5, 0.6) is 5.75 Å². The summed E-state index contributed by atoms with van der Waals surface area (Å²) in [6, 6.07) is 7.50. The molecule has 1 aromatic carbocycles. The van der Waals surface area contributed by atoms with Crippen molar-refractivity contribution in [2.75, 3.05) is 7.11 Å². The van der Waals surface area contributed by atoms with E-state index in [-0.39, 0.29) is 18.5 Å². The van der Waals surface area contributed by atoms with E-state index >= 15 is 0 Å². The second-order valence-corrected chi connectivity index (χ2v) is 6.99. The smallest absolute Gasteiger partial charge is 0.417 e. The average molecular weight is 394 g/mol. The molecule has 0 saturated heterocycles. The number of alkyl halides is 3. The topological polar surface area (TPSA) is 62.4 Å². The molecule has 1 amide bonds. The zero-order chi connectivity index (χ0) is 20.5. The maximum Gasteiger partial charge on any atom is 0.417 e. The van der Waals surface area contributed by atoms with Crippen molar-refractivity contribution < 1.29 is 22.7 Å². The Morgan fingerprint density at radius 2 is 1.93 bits per heavy atom. The first kappa shape index (κ1) is 20.0. The minimum absolute atomic E-state index is 0.191. The van der Waals surface area contributed by atoms with Crippen molar-refractivity contribution in [3.63, 3.8) is 0 Å². The van der Waals surface area contributed by atoms with Crippen molar-refractivity contribution in [3.8, 4) is 5.75 Å². The average Bonchev–Trinajstić information content (AvgIpc) is 3.50. The molecule has 1 N–H and O–H groups in total. The maximum absolute atomic E-state index is 13.1. The number of methoxy groups -OCH3 is 1. The molecule has 5 nitrogen and oxygen atoms in total. The number of hydrogen-bond donors (Lipinski definition) is 1. The number of nitrogens with one attached hydrogen (secondary N) is 1. The largest absolute Gasteiger partial charge is 0.497 e. The third-order valence-corrected chi connectivity index (χ3v) is 5.03. The van der Waals surface area contributed by atoms with E-state index < -0.39 is 28.8 Å². The summed E-state index contributed by atoms with van der Waals surface area (Å²) in [6.45, 7) is 2.05. The SMILES string of the molecule is COc1ccc(CN(C(=O)c2cc(C(F)(F)F)c[nH]c2=O)C(C)C2CC2)cc1. The highest BCUT2D eigenvalue weighted by molar-refractivity contribution is 5.94. The minimum atomic E-state index is -4.65. The third kappa shape index (κ3) is 4.37. The van der Waals surface area contributed by atoms with Crippen molar-refractivity contribution >= 4 is 5.91 Å². The first-order valence-electron chi connectivity index (χ1n) is 8.94. The van der Waals surface area contributed by atoms with Gasteiger partial charge in [0, 0.05) is 18.8 Å². The summed E-state index contributed by atoms with van der Waals surface area (Å²) in [5.41, 5.74) is -1.60. The molecule has 0 spiro atoms. The highest BCUT2D eigenvalue weighted by Crippen LogP contribution is 2.36. The van der Waals surface area contributed by atoms with Gasteiger partial charge in [-0.2, -0.15) is 13.2 Å². The van der Waals surface area contributed by atoms with Gasteiger partial charge in [-0.15, -0.1) is 0 Å². The maximum atomic E-state index is 13.1. The molecular formula is C20H21F3N2O3. The number of H-pyrrole nitrogens is 1. The van der Waals surface area contributed by atoms with Crippen LogP contribution in [0.1, 0.15) is 41.3 Å². The molecule has 1 atom stereocenters. The minimum Gasteiger partial charge on any atom is -0.497 e. The first-order valence-corrected chi connectivity index (χ1v) is 8.94. The van der Waals surface area contributed by atoms with Gasteiger partial charge >= 0.3 is 6.18 Å². The standard InChI is InChI=1S/C20H21F3N2O3/c1-12(14-5-6-14)25(11-13-3-7-16(28-2)8-4-13)19(27)17-9-15(20(21,22)23)10-24-18(17)26/h3-4,7-10,12,14H,5-6,11H2,1-2H3,(H,24,26). The van der Waals surface area contributed by atoms with Gasteiger partial charge in [0.1, 0.15) is 11.3 Å². The third-order valence-electron chi connectivity index (χ3n) is 5.03. The summed E-state index contributed by atoms with van der Waals surface area (Å²) in [7, 11) is 1.54. The number of carbonyl (C=O) groups excluding carboxylic acids is 1. The Morgan fingerprint density at radius 1 is 1.29 bits per heavy atom. The fraction of sp³-hybridized carbons (Fsp3) is 0.400. The van der Waals surface area contributed by atoms with Gasteiger partial charge in [-0.1, -0.05) is 12.1 Å². The number of aromatic nitrogens is 1. The number of pyridine rings is 1. The van der Waals surface area contributed by atoms with Crippen LogP contribution in [0.4, 0.5) is 13.2 Å². The predicted octanol–water partition coefficient (Wildman–Crippen LogP) is 3.84. The second-order valence-electron chi connectivity index (χ2n) is 6.99. The van der Waals surface area contributed by atoms with E-state index in [1.54, 1.807) is 31.4 Å². The molecule has 1 fully saturated rings. The zero-order valence-electron chi connectivity index (χ0n) is 15.5. The van der Waals surface area contributed by atoms with Crippen LogP contribution < -0.4 is 10.3 Å². The number of hydrogen-bond acceptors (Lipinski definition) is 3. The van der Waals surface area contributed by atoms with Gasteiger partial charge in [0.05, 0.1) is 12.7 Å². The van der Waals surface area contributed by atoms with Gasteiger partial charge in [-0.3, -0.25) is 9.59 Å². The molecule has 1 heterocycles. The summed E-state index contributed by atoms with van der Waals surface area (Å²) >= 11 is 0. The summed E-state index contributed by atoms with van der Waals surface area (Å²) in [5, 5.41) is 0. The van der Waals surface area contributed by atoms with Crippen LogP contribution in [-0.4, -0.2) is 28.9 Å². The quantitative estimate of drug-likeness (QED) is 0.810. The highest BCUT2D eigenvalue weighted by atomic mass is 19.4. The molecule has 3 rings (SSSR count). The van der Waals surface area contributed by atoms with E-state index in [9.17, 15) is 22.8 Å². The Bertz CT molecular complexity index is 902. The summed E-state index contributed by atoms with van der Waals surface area (Å²) in [6.07, 6.45) is -2.17. The fourth-order valence-corrected chi connectivity index (χ4v) is 3.12. The number of carbonyl (C=O) groups is 1. The molecule has 1 aromatic heterocycles. The number of ether oxygens (including phenoxy) is 1. The molecule has 150 valence electrons. The van der Waals surface area contributed by atoms with E-state index in [4.69, 9.17) is 4.74 Å². The van der Waals surface area contributed by atoms with Gasteiger partial charge in [0.2, 0.25) is 0 Å². The Labute approximate surface area is 160 Å².